The van der Waals surface area contributed by atoms with Crippen molar-refractivity contribution in [3.05, 3.63) is 35.3 Å². The Morgan fingerprint density at radius 2 is 2.10 bits per heavy atom. The summed E-state index contributed by atoms with van der Waals surface area (Å²) in [7, 11) is 1.45. The molecule has 2 rings (SSSR count). The second kappa shape index (κ2) is 5.32. The molecule has 2 aromatic rings. The van der Waals surface area contributed by atoms with E-state index in [0.29, 0.717) is 16.9 Å². The number of carbonyl (C=O) groups is 1. The van der Waals surface area contributed by atoms with Crippen LogP contribution in [-0.4, -0.2) is 23.3 Å². The molecule has 0 spiro atoms. The van der Waals surface area contributed by atoms with E-state index in [-0.39, 0.29) is 17.4 Å². The highest BCUT2D eigenvalue weighted by molar-refractivity contribution is 5.85. The van der Waals surface area contributed by atoms with Gasteiger partial charge in [-0.25, -0.2) is 9.18 Å². The highest BCUT2D eigenvalue weighted by Gasteiger charge is 2.18. The summed E-state index contributed by atoms with van der Waals surface area (Å²) in [5.41, 5.74) is 1.12. The van der Waals surface area contributed by atoms with Crippen LogP contribution in [-0.2, 0) is 0 Å². The number of hydrogen-bond acceptors (Lipinski definition) is 4. The van der Waals surface area contributed by atoms with Crippen LogP contribution >= 0.6 is 0 Å². The molecule has 0 unspecified atom stereocenters. The largest absolute Gasteiger partial charge is 0.496 e. The van der Waals surface area contributed by atoms with Crippen molar-refractivity contribution in [2.45, 2.75) is 19.8 Å². The molecule has 0 saturated carbocycles. The lowest BCUT2D eigenvalue weighted by atomic mass is 9.98. The average Bonchev–Trinajstić information content (AvgIpc) is 2.86. The van der Waals surface area contributed by atoms with Gasteiger partial charge >= 0.3 is 5.97 Å². The molecule has 0 aliphatic heterocycles. The van der Waals surface area contributed by atoms with Gasteiger partial charge in [0.2, 0.25) is 5.76 Å². The molecule has 0 radical (unpaired) electrons. The molecular weight excluding hydrogens is 265 g/mol. The monoisotopic (exact) mass is 279 g/mol. The van der Waals surface area contributed by atoms with Crippen LogP contribution in [0.4, 0.5) is 4.39 Å². The number of methoxy groups -OCH3 is 1. The fourth-order valence-electron chi connectivity index (χ4n) is 1.98. The predicted molar refractivity (Wildman–Crippen MR) is 69.5 cm³/mol. The van der Waals surface area contributed by atoms with E-state index in [1.165, 1.54) is 19.2 Å². The molecule has 1 N–H and O–H groups in total. The summed E-state index contributed by atoms with van der Waals surface area (Å²) < 4.78 is 24.0. The first-order valence-corrected chi connectivity index (χ1v) is 6.01. The van der Waals surface area contributed by atoms with Crippen LogP contribution in [0.2, 0.25) is 0 Å². The molecule has 0 fully saturated rings. The van der Waals surface area contributed by atoms with Crippen molar-refractivity contribution in [3.63, 3.8) is 0 Å². The van der Waals surface area contributed by atoms with Crippen molar-refractivity contribution in [3.8, 4) is 17.0 Å². The average molecular weight is 279 g/mol. The van der Waals surface area contributed by atoms with E-state index < -0.39 is 11.8 Å². The molecule has 0 amide bonds. The van der Waals surface area contributed by atoms with Gasteiger partial charge in [0.05, 0.1) is 7.11 Å². The third kappa shape index (κ3) is 2.49. The number of carboxylic acids is 1. The van der Waals surface area contributed by atoms with E-state index in [1.807, 2.05) is 13.8 Å². The zero-order valence-corrected chi connectivity index (χ0v) is 11.3. The third-order valence-electron chi connectivity index (χ3n) is 2.91. The van der Waals surface area contributed by atoms with Gasteiger partial charge in [-0.3, -0.25) is 0 Å². The Bertz CT molecular complexity index is 649. The van der Waals surface area contributed by atoms with Gasteiger partial charge in [0.1, 0.15) is 17.3 Å². The fourth-order valence-corrected chi connectivity index (χ4v) is 1.98. The van der Waals surface area contributed by atoms with Crippen LogP contribution in [0.5, 0.6) is 5.75 Å². The zero-order chi connectivity index (χ0) is 14.9. The molecule has 0 aliphatic rings. The van der Waals surface area contributed by atoms with E-state index in [9.17, 15) is 9.18 Å². The Balaban J connectivity index is 2.52. The van der Waals surface area contributed by atoms with Gasteiger partial charge in [0, 0.05) is 17.2 Å². The summed E-state index contributed by atoms with van der Waals surface area (Å²) in [5.74, 6) is -1.59. The SMILES string of the molecule is COc1cc(-c2cc(C(=O)O)on2)cc(F)c1C(C)C. The normalized spacial score (nSPS) is 10.8. The number of benzene rings is 1. The van der Waals surface area contributed by atoms with Crippen molar-refractivity contribution in [1.29, 1.82) is 0 Å². The minimum atomic E-state index is -1.23. The topological polar surface area (TPSA) is 72.6 Å². The van der Waals surface area contributed by atoms with Crippen LogP contribution in [0.15, 0.2) is 22.7 Å². The van der Waals surface area contributed by atoms with Crippen molar-refractivity contribution in [2.24, 2.45) is 0 Å². The van der Waals surface area contributed by atoms with E-state index in [0.717, 1.165) is 0 Å². The Morgan fingerprint density at radius 3 is 2.60 bits per heavy atom. The fraction of sp³-hybridized carbons (Fsp3) is 0.286. The second-order valence-electron chi connectivity index (χ2n) is 4.61. The number of halogens is 1. The molecule has 0 atom stereocenters. The Morgan fingerprint density at radius 1 is 1.40 bits per heavy atom. The minimum Gasteiger partial charge on any atom is -0.496 e. The maximum absolute atomic E-state index is 14.1. The first-order valence-electron chi connectivity index (χ1n) is 6.01. The number of aromatic carboxylic acids is 1. The van der Waals surface area contributed by atoms with Gasteiger partial charge in [-0.05, 0) is 18.1 Å². The van der Waals surface area contributed by atoms with E-state index in [4.69, 9.17) is 9.84 Å². The Kier molecular flexibility index (Phi) is 3.74. The van der Waals surface area contributed by atoms with Gasteiger partial charge in [0.25, 0.3) is 0 Å². The molecule has 6 heteroatoms. The van der Waals surface area contributed by atoms with E-state index in [2.05, 4.69) is 9.68 Å². The van der Waals surface area contributed by atoms with Crippen LogP contribution in [0.3, 0.4) is 0 Å². The summed E-state index contributed by atoms with van der Waals surface area (Å²) in [5, 5.41) is 12.4. The first kappa shape index (κ1) is 14.0. The Labute approximate surface area is 115 Å². The molecule has 0 bridgehead atoms. The molecular formula is C14H14FNO4. The molecule has 0 saturated heterocycles. The molecule has 5 nitrogen and oxygen atoms in total. The zero-order valence-electron chi connectivity index (χ0n) is 11.3. The summed E-state index contributed by atoms with van der Waals surface area (Å²) in [6.45, 7) is 3.72. The van der Waals surface area contributed by atoms with Crippen LogP contribution in [0.25, 0.3) is 11.3 Å². The van der Waals surface area contributed by atoms with E-state index >= 15 is 0 Å². The quantitative estimate of drug-likeness (QED) is 0.929. The molecule has 1 aromatic carbocycles. The number of rotatable bonds is 4. The third-order valence-corrected chi connectivity index (χ3v) is 2.91. The summed E-state index contributed by atoms with van der Waals surface area (Å²) >= 11 is 0. The first-order chi connectivity index (χ1) is 9.43. The molecule has 20 heavy (non-hydrogen) atoms. The molecule has 106 valence electrons. The number of nitrogens with zero attached hydrogens (tertiary/aromatic N) is 1. The standard InChI is InChI=1S/C14H14FNO4/c1-7(2)13-9(15)4-8(5-11(13)19-3)10-6-12(14(17)18)20-16-10/h4-7H,1-3H3,(H,17,18). The van der Waals surface area contributed by atoms with Gasteiger partial charge in [-0.1, -0.05) is 19.0 Å². The van der Waals surface area contributed by atoms with Crippen LogP contribution in [0, 0.1) is 5.82 Å². The van der Waals surface area contributed by atoms with Crippen LogP contribution in [0.1, 0.15) is 35.9 Å². The molecule has 1 aromatic heterocycles. The van der Waals surface area contributed by atoms with Gasteiger partial charge in [-0.2, -0.15) is 0 Å². The second-order valence-corrected chi connectivity index (χ2v) is 4.61. The lowest BCUT2D eigenvalue weighted by molar-refractivity contribution is 0.0652. The maximum atomic E-state index is 14.1. The van der Waals surface area contributed by atoms with Crippen molar-refractivity contribution in [2.75, 3.05) is 7.11 Å². The van der Waals surface area contributed by atoms with Gasteiger partial charge < -0.3 is 14.4 Å². The molecule has 0 aliphatic carbocycles. The Hall–Kier alpha value is -2.37. The number of carboxylic acid groups (broad SMARTS) is 1. The number of aromatic nitrogens is 1. The highest BCUT2D eigenvalue weighted by Crippen LogP contribution is 2.33. The van der Waals surface area contributed by atoms with Crippen molar-refractivity contribution >= 4 is 5.97 Å². The maximum Gasteiger partial charge on any atom is 0.374 e. The number of hydrogen-bond donors (Lipinski definition) is 1. The van der Waals surface area contributed by atoms with Gasteiger partial charge in [0.15, 0.2) is 0 Å². The number of ether oxygens (including phenoxy) is 1. The molecule has 1 heterocycles. The smallest absolute Gasteiger partial charge is 0.374 e. The minimum absolute atomic E-state index is 0.0362. The predicted octanol–water partition coefficient (Wildman–Crippen LogP) is 3.31. The van der Waals surface area contributed by atoms with Crippen molar-refractivity contribution < 1.29 is 23.6 Å². The summed E-state index contributed by atoms with van der Waals surface area (Å²) in [6, 6.07) is 4.15. The van der Waals surface area contributed by atoms with E-state index in [1.54, 1.807) is 6.07 Å². The lowest BCUT2D eigenvalue weighted by Crippen LogP contribution is -1.99. The van der Waals surface area contributed by atoms with Gasteiger partial charge in [-0.15, -0.1) is 0 Å². The van der Waals surface area contributed by atoms with Crippen molar-refractivity contribution in [1.82, 2.24) is 5.16 Å². The lowest BCUT2D eigenvalue weighted by Gasteiger charge is -2.13. The highest BCUT2D eigenvalue weighted by atomic mass is 19.1. The summed E-state index contributed by atoms with van der Waals surface area (Å²) in [6.07, 6.45) is 0. The van der Waals surface area contributed by atoms with Crippen LogP contribution < -0.4 is 4.74 Å². The summed E-state index contributed by atoms with van der Waals surface area (Å²) in [4.78, 5) is 10.7.